The zero-order valence-corrected chi connectivity index (χ0v) is 17.0. The molecule has 2 aromatic rings. The van der Waals surface area contributed by atoms with Crippen LogP contribution in [-0.4, -0.2) is 25.9 Å². The molecule has 152 valence electrons. The molecule has 1 unspecified atom stereocenters. The van der Waals surface area contributed by atoms with Gasteiger partial charge in [0.1, 0.15) is 12.1 Å². The molecule has 2 heterocycles. The van der Waals surface area contributed by atoms with E-state index < -0.39 is 0 Å². The molecule has 1 aliphatic carbocycles. The first-order valence-corrected chi connectivity index (χ1v) is 10.9. The first kappa shape index (κ1) is 20.6. The van der Waals surface area contributed by atoms with E-state index in [9.17, 15) is 4.79 Å². The third-order valence-electron chi connectivity index (χ3n) is 5.78. The Kier molecular flexibility index (Phi) is 8.12. The van der Waals surface area contributed by atoms with Gasteiger partial charge in [0.15, 0.2) is 0 Å². The summed E-state index contributed by atoms with van der Waals surface area (Å²) in [6.07, 6.45) is 18.1. The van der Waals surface area contributed by atoms with Crippen LogP contribution in [0.15, 0.2) is 23.2 Å². The largest absolute Gasteiger partial charge is 0.339 e. The van der Waals surface area contributed by atoms with E-state index in [0.29, 0.717) is 30.3 Å². The van der Waals surface area contributed by atoms with Crippen LogP contribution in [0.3, 0.4) is 0 Å². The van der Waals surface area contributed by atoms with Crippen LogP contribution in [0.2, 0.25) is 0 Å². The smallest absolute Gasteiger partial charge is 0.230 e. The Morgan fingerprint density at radius 3 is 2.71 bits per heavy atom. The molecule has 0 spiro atoms. The van der Waals surface area contributed by atoms with Crippen molar-refractivity contribution in [3.05, 3.63) is 24.6 Å². The maximum absolute atomic E-state index is 12.4. The summed E-state index contributed by atoms with van der Waals surface area (Å²) in [5, 5.41) is 4.10. The summed E-state index contributed by atoms with van der Waals surface area (Å²) in [5.74, 6) is 2.23. The highest BCUT2D eigenvalue weighted by atomic mass is 16.5. The Hall–Kier alpha value is -2.11. The number of unbranched alkanes of at least 4 members (excludes halogenated alkanes) is 1. The zero-order chi connectivity index (χ0) is 19.6. The molecular weight excluding hydrogens is 352 g/mol. The van der Waals surface area contributed by atoms with Gasteiger partial charge < -0.3 is 4.52 Å². The standard InChI is InChI=1S/C22H32N4O2/c1-2-3-12-20(27)13-18(11-7-10-17-8-5-4-6-9-17)22-25-21(26-28-22)19-14-23-16-24-15-19/h14-18H,2-13H2,1H3. The molecule has 0 aromatic carbocycles. The highest BCUT2D eigenvalue weighted by molar-refractivity contribution is 5.79. The zero-order valence-electron chi connectivity index (χ0n) is 17.0. The number of carbonyl (C=O) groups excluding carboxylic acids is 1. The predicted molar refractivity (Wildman–Crippen MR) is 108 cm³/mol. The summed E-state index contributed by atoms with van der Waals surface area (Å²) in [7, 11) is 0. The minimum Gasteiger partial charge on any atom is -0.339 e. The number of nitrogens with zero attached hydrogens (tertiary/aromatic N) is 4. The van der Waals surface area contributed by atoms with Gasteiger partial charge in [-0.05, 0) is 18.8 Å². The molecule has 1 fully saturated rings. The van der Waals surface area contributed by atoms with Crippen molar-refractivity contribution in [3.8, 4) is 11.4 Å². The molecule has 0 N–H and O–H groups in total. The summed E-state index contributed by atoms with van der Waals surface area (Å²) in [6.45, 7) is 2.11. The molecule has 1 atom stereocenters. The summed E-state index contributed by atoms with van der Waals surface area (Å²) < 4.78 is 5.56. The molecule has 0 amide bonds. The summed E-state index contributed by atoms with van der Waals surface area (Å²) >= 11 is 0. The minimum atomic E-state index is 0.0128. The molecule has 0 aliphatic heterocycles. The number of ketones is 1. The average molecular weight is 385 g/mol. The second-order valence-electron chi connectivity index (χ2n) is 8.06. The van der Waals surface area contributed by atoms with Gasteiger partial charge in [0.2, 0.25) is 11.7 Å². The van der Waals surface area contributed by atoms with Crippen LogP contribution >= 0.6 is 0 Å². The van der Waals surface area contributed by atoms with Crippen LogP contribution in [0.5, 0.6) is 0 Å². The molecule has 0 saturated heterocycles. The lowest BCUT2D eigenvalue weighted by Crippen LogP contribution is -2.10. The van der Waals surface area contributed by atoms with Gasteiger partial charge >= 0.3 is 0 Å². The van der Waals surface area contributed by atoms with Crippen molar-refractivity contribution in [1.29, 1.82) is 0 Å². The monoisotopic (exact) mass is 384 g/mol. The van der Waals surface area contributed by atoms with Crippen molar-refractivity contribution in [2.45, 2.75) is 89.9 Å². The van der Waals surface area contributed by atoms with Crippen LogP contribution in [-0.2, 0) is 4.79 Å². The van der Waals surface area contributed by atoms with Crippen molar-refractivity contribution >= 4 is 5.78 Å². The van der Waals surface area contributed by atoms with E-state index in [0.717, 1.165) is 37.2 Å². The Labute approximate surface area is 167 Å². The van der Waals surface area contributed by atoms with Gasteiger partial charge in [0.25, 0.3) is 0 Å². The Morgan fingerprint density at radius 1 is 1.18 bits per heavy atom. The quantitative estimate of drug-likeness (QED) is 0.508. The molecule has 6 heteroatoms. The van der Waals surface area contributed by atoms with Crippen LogP contribution in [0.4, 0.5) is 0 Å². The van der Waals surface area contributed by atoms with Crippen LogP contribution < -0.4 is 0 Å². The average Bonchev–Trinajstić information content (AvgIpc) is 3.23. The van der Waals surface area contributed by atoms with Gasteiger partial charge in [-0.25, -0.2) is 9.97 Å². The number of hydrogen-bond donors (Lipinski definition) is 0. The number of aromatic nitrogens is 4. The molecule has 2 aromatic heterocycles. The van der Waals surface area contributed by atoms with Crippen molar-refractivity contribution in [1.82, 2.24) is 20.1 Å². The second kappa shape index (κ2) is 11.0. The molecule has 0 radical (unpaired) electrons. The normalized spacial score (nSPS) is 16.2. The maximum atomic E-state index is 12.4. The van der Waals surface area contributed by atoms with Gasteiger partial charge in [-0.3, -0.25) is 4.79 Å². The fraction of sp³-hybridized carbons (Fsp3) is 0.682. The highest BCUT2D eigenvalue weighted by Gasteiger charge is 2.23. The molecule has 1 saturated carbocycles. The van der Waals surface area contributed by atoms with Crippen molar-refractivity contribution in [2.75, 3.05) is 0 Å². The third-order valence-corrected chi connectivity index (χ3v) is 5.78. The van der Waals surface area contributed by atoms with Gasteiger partial charge in [0, 0.05) is 31.2 Å². The van der Waals surface area contributed by atoms with Crippen LogP contribution in [0, 0.1) is 5.92 Å². The van der Waals surface area contributed by atoms with E-state index in [1.807, 2.05) is 0 Å². The van der Waals surface area contributed by atoms with Crippen molar-refractivity contribution in [3.63, 3.8) is 0 Å². The van der Waals surface area contributed by atoms with E-state index in [4.69, 9.17) is 4.52 Å². The first-order valence-electron chi connectivity index (χ1n) is 10.9. The fourth-order valence-electron chi connectivity index (χ4n) is 4.13. The number of Topliss-reactive ketones (excluding diaryl/α,β-unsaturated/α-hetero) is 1. The lowest BCUT2D eigenvalue weighted by molar-refractivity contribution is -0.119. The Balaban J connectivity index is 1.63. The van der Waals surface area contributed by atoms with Gasteiger partial charge in [-0.2, -0.15) is 4.98 Å². The second-order valence-corrected chi connectivity index (χ2v) is 8.06. The third kappa shape index (κ3) is 6.21. The van der Waals surface area contributed by atoms with Crippen LogP contribution in [0.25, 0.3) is 11.4 Å². The first-order chi connectivity index (χ1) is 13.8. The topological polar surface area (TPSA) is 81.8 Å². The number of hydrogen-bond acceptors (Lipinski definition) is 6. The minimum absolute atomic E-state index is 0.0128. The fourth-order valence-corrected chi connectivity index (χ4v) is 4.13. The number of rotatable bonds is 11. The molecule has 3 rings (SSSR count). The molecular formula is C22H32N4O2. The highest BCUT2D eigenvalue weighted by Crippen LogP contribution is 2.32. The van der Waals surface area contributed by atoms with E-state index in [-0.39, 0.29) is 5.92 Å². The van der Waals surface area contributed by atoms with E-state index in [2.05, 4.69) is 27.0 Å². The van der Waals surface area contributed by atoms with Crippen molar-refractivity contribution < 1.29 is 9.32 Å². The lowest BCUT2D eigenvalue weighted by Gasteiger charge is -2.22. The van der Waals surface area contributed by atoms with Gasteiger partial charge in [-0.1, -0.05) is 63.4 Å². The van der Waals surface area contributed by atoms with E-state index >= 15 is 0 Å². The lowest BCUT2D eigenvalue weighted by atomic mass is 9.84. The van der Waals surface area contributed by atoms with E-state index in [1.54, 1.807) is 12.4 Å². The molecule has 1 aliphatic rings. The molecule has 0 bridgehead atoms. The Morgan fingerprint density at radius 2 is 1.96 bits per heavy atom. The number of carbonyl (C=O) groups is 1. The molecule has 28 heavy (non-hydrogen) atoms. The van der Waals surface area contributed by atoms with Crippen molar-refractivity contribution in [2.24, 2.45) is 5.92 Å². The maximum Gasteiger partial charge on any atom is 0.230 e. The Bertz CT molecular complexity index is 710. The van der Waals surface area contributed by atoms with E-state index in [1.165, 1.54) is 44.9 Å². The summed E-state index contributed by atoms with van der Waals surface area (Å²) in [4.78, 5) is 25.0. The predicted octanol–water partition coefficient (Wildman–Crippen LogP) is 5.51. The van der Waals surface area contributed by atoms with Crippen LogP contribution in [0.1, 0.15) is 95.8 Å². The van der Waals surface area contributed by atoms with Gasteiger partial charge in [0.05, 0.1) is 5.56 Å². The van der Waals surface area contributed by atoms with Gasteiger partial charge in [-0.15, -0.1) is 0 Å². The summed E-state index contributed by atoms with van der Waals surface area (Å²) in [5.41, 5.74) is 0.732. The SMILES string of the molecule is CCCCC(=O)CC(CCCC1CCCCC1)c1nc(-c2cncnc2)no1. The summed E-state index contributed by atoms with van der Waals surface area (Å²) in [6, 6.07) is 0. The molecule has 6 nitrogen and oxygen atoms in total.